The van der Waals surface area contributed by atoms with Gasteiger partial charge in [-0.1, -0.05) is 17.7 Å². The van der Waals surface area contributed by atoms with Gasteiger partial charge >= 0.3 is 0 Å². The molecule has 1 heterocycles. The Kier molecular flexibility index (Phi) is 5.08. The zero-order chi connectivity index (χ0) is 13.8. The normalized spacial score (nSPS) is 21.5. The van der Waals surface area contributed by atoms with E-state index in [-0.39, 0.29) is 6.04 Å². The van der Waals surface area contributed by atoms with Gasteiger partial charge in [0.15, 0.2) is 0 Å². The summed E-state index contributed by atoms with van der Waals surface area (Å²) in [6.07, 6.45) is 2.43. The van der Waals surface area contributed by atoms with Crippen LogP contribution < -0.4 is 10.6 Å². The van der Waals surface area contributed by atoms with Crippen molar-refractivity contribution in [3.05, 3.63) is 28.8 Å². The van der Waals surface area contributed by atoms with Crippen LogP contribution in [0.25, 0.3) is 0 Å². The SMILES string of the molecule is COCC1CCCN(c2ccc([C@@H](C)N)cc2Cl)C1. The molecule has 4 heteroatoms. The predicted octanol–water partition coefficient (Wildman–Crippen LogP) is 3.22. The van der Waals surface area contributed by atoms with Crippen LogP contribution in [0.4, 0.5) is 5.69 Å². The predicted molar refractivity (Wildman–Crippen MR) is 80.9 cm³/mol. The highest BCUT2D eigenvalue weighted by Gasteiger charge is 2.21. The molecule has 1 fully saturated rings. The first-order chi connectivity index (χ1) is 9.11. The molecule has 1 saturated heterocycles. The number of piperidine rings is 1. The fourth-order valence-corrected chi connectivity index (χ4v) is 3.03. The number of nitrogens with two attached hydrogens (primary N) is 1. The first-order valence-electron chi connectivity index (χ1n) is 6.90. The molecular weight excluding hydrogens is 260 g/mol. The highest BCUT2D eigenvalue weighted by molar-refractivity contribution is 6.33. The third-order valence-corrected chi connectivity index (χ3v) is 4.06. The average Bonchev–Trinajstić information content (AvgIpc) is 2.39. The van der Waals surface area contributed by atoms with Crippen LogP contribution in [-0.4, -0.2) is 26.8 Å². The molecule has 1 unspecified atom stereocenters. The molecule has 2 N–H and O–H groups in total. The molecule has 0 bridgehead atoms. The molecule has 0 aromatic heterocycles. The van der Waals surface area contributed by atoms with E-state index in [1.807, 2.05) is 13.0 Å². The van der Waals surface area contributed by atoms with Crippen LogP contribution in [0, 0.1) is 5.92 Å². The van der Waals surface area contributed by atoms with Crippen LogP contribution in [0.5, 0.6) is 0 Å². The molecule has 2 atom stereocenters. The van der Waals surface area contributed by atoms with E-state index >= 15 is 0 Å². The van der Waals surface area contributed by atoms with E-state index in [0.29, 0.717) is 5.92 Å². The van der Waals surface area contributed by atoms with Crippen molar-refractivity contribution >= 4 is 17.3 Å². The van der Waals surface area contributed by atoms with Gasteiger partial charge in [0.05, 0.1) is 17.3 Å². The molecule has 0 spiro atoms. The Morgan fingerprint density at radius 3 is 2.95 bits per heavy atom. The number of ether oxygens (including phenoxy) is 1. The molecule has 0 aliphatic carbocycles. The van der Waals surface area contributed by atoms with Crippen LogP contribution in [-0.2, 0) is 4.74 Å². The molecule has 2 rings (SSSR count). The van der Waals surface area contributed by atoms with Gasteiger partial charge in [-0.05, 0) is 43.4 Å². The van der Waals surface area contributed by atoms with Gasteiger partial charge in [-0.25, -0.2) is 0 Å². The largest absolute Gasteiger partial charge is 0.384 e. The molecule has 1 aliphatic rings. The number of halogens is 1. The van der Waals surface area contributed by atoms with E-state index in [1.54, 1.807) is 7.11 Å². The second kappa shape index (κ2) is 6.60. The van der Waals surface area contributed by atoms with Crippen LogP contribution >= 0.6 is 11.6 Å². The average molecular weight is 283 g/mol. The first kappa shape index (κ1) is 14.6. The molecule has 106 valence electrons. The van der Waals surface area contributed by atoms with Crippen molar-refractivity contribution in [1.29, 1.82) is 0 Å². The molecule has 0 amide bonds. The molecule has 1 aromatic rings. The zero-order valence-electron chi connectivity index (χ0n) is 11.7. The minimum absolute atomic E-state index is 0.0224. The Labute approximate surface area is 120 Å². The Balaban J connectivity index is 2.12. The van der Waals surface area contributed by atoms with Crippen LogP contribution in [0.2, 0.25) is 5.02 Å². The summed E-state index contributed by atoms with van der Waals surface area (Å²) in [5, 5.41) is 0.799. The lowest BCUT2D eigenvalue weighted by atomic mass is 9.98. The maximum atomic E-state index is 6.40. The van der Waals surface area contributed by atoms with Crippen molar-refractivity contribution in [2.75, 3.05) is 31.7 Å². The van der Waals surface area contributed by atoms with Crippen LogP contribution in [0.3, 0.4) is 0 Å². The number of anilines is 1. The lowest BCUT2D eigenvalue weighted by molar-refractivity contribution is 0.143. The maximum absolute atomic E-state index is 6.40. The van der Waals surface area contributed by atoms with E-state index in [1.165, 1.54) is 12.8 Å². The van der Waals surface area contributed by atoms with Crippen molar-refractivity contribution in [1.82, 2.24) is 0 Å². The van der Waals surface area contributed by atoms with Crippen LogP contribution in [0.15, 0.2) is 18.2 Å². The molecule has 1 aromatic carbocycles. The smallest absolute Gasteiger partial charge is 0.0642 e. The van der Waals surface area contributed by atoms with Gasteiger partial charge in [0, 0.05) is 26.2 Å². The van der Waals surface area contributed by atoms with E-state index in [9.17, 15) is 0 Å². The van der Waals surface area contributed by atoms with Crippen molar-refractivity contribution in [3.8, 4) is 0 Å². The van der Waals surface area contributed by atoms with Gasteiger partial charge < -0.3 is 15.4 Å². The minimum atomic E-state index is 0.0224. The number of nitrogens with zero attached hydrogens (tertiary/aromatic N) is 1. The summed E-state index contributed by atoms with van der Waals surface area (Å²) >= 11 is 6.40. The van der Waals surface area contributed by atoms with Crippen molar-refractivity contribution in [3.63, 3.8) is 0 Å². The zero-order valence-corrected chi connectivity index (χ0v) is 12.5. The number of hydrogen-bond donors (Lipinski definition) is 1. The molecule has 3 nitrogen and oxygen atoms in total. The molecule has 19 heavy (non-hydrogen) atoms. The minimum Gasteiger partial charge on any atom is -0.384 e. The Morgan fingerprint density at radius 1 is 1.53 bits per heavy atom. The van der Waals surface area contributed by atoms with Crippen LogP contribution in [0.1, 0.15) is 31.4 Å². The Morgan fingerprint density at radius 2 is 2.32 bits per heavy atom. The topological polar surface area (TPSA) is 38.5 Å². The summed E-state index contributed by atoms with van der Waals surface area (Å²) in [6, 6.07) is 6.18. The van der Waals surface area contributed by atoms with Crippen molar-refractivity contribution in [2.45, 2.75) is 25.8 Å². The van der Waals surface area contributed by atoms with E-state index in [4.69, 9.17) is 22.1 Å². The van der Waals surface area contributed by atoms with E-state index in [2.05, 4.69) is 17.0 Å². The fourth-order valence-electron chi connectivity index (χ4n) is 2.72. The first-order valence-corrected chi connectivity index (χ1v) is 7.28. The Hall–Kier alpha value is -0.770. The standard InChI is InChI=1S/C15H23ClN2O/c1-11(17)13-5-6-15(14(16)8-13)18-7-3-4-12(9-18)10-19-2/h5-6,8,11-12H,3-4,7,9-10,17H2,1-2H3/t11-,12?/m1/s1. The lowest BCUT2D eigenvalue weighted by Gasteiger charge is -2.34. The molecule has 0 saturated carbocycles. The van der Waals surface area contributed by atoms with Gasteiger partial charge in [-0.2, -0.15) is 0 Å². The second-order valence-electron chi connectivity index (χ2n) is 5.41. The molecular formula is C15H23ClN2O. The summed E-state index contributed by atoms with van der Waals surface area (Å²) in [5.41, 5.74) is 8.08. The van der Waals surface area contributed by atoms with Gasteiger partial charge in [0.2, 0.25) is 0 Å². The van der Waals surface area contributed by atoms with Crippen molar-refractivity contribution < 1.29 is 4.74 Å². The number of methoxy groups -OCH3 is 1. The Bertz CT molecular complexity index is 421. The van der Waals surface area contributed by atoms with Gasteiger partial charge in [-0.3, -0.25) is 0 Å². The number of hydrogen-bond acceptors (Lipinski definition) is 3. The third kappa shape index (κ3) is 3.62. The fraction of sp³-hybridized carbons (Fsp3) is 0.600. The highest BCUT2D eigenvalue weighted by Crippen LogP contribution is 2.31. The highest BCUT2D eigenvalue weighted by atomic mass is 35.5. The van der Waals surface area contributed by atoms with Gasteiger partial charge in [-0.15, -0.1) is 0 Å². The van der Waals surface area contributed by atoms with E-state index < -0.39 is 0 Å². The quantitative estimate of drug-likeness (QED) is 0.921. The summed E-state index contributed by atoms with van der Waals surface area (Å²) in [7, 11) is 1.77. The van der Waals surface area contributed by atoms with Crippen molar-refractivity contribution in [2.24, 2.45) is 11.7 Å². The van der Waals surface area contributed by atoms with Gasteiger partial charge in [0.25, 0.3) is 0 Å². The molecule has 1 aliphatic heterocycles. The summed E-state index contributed by atoms with van der Waals surface area (Å²) in [6.45, 7) is 4.88. The monoisotopic (exact) mass is 282 g/mol. The lowest BCUT2D eigenvalue weighted by Crippen LogP contribution is -2.37. The van der Waals surface area contributed by atoms with E-state index in [0.717, 1.165) is 36.0 Å². The number of rotatable bonds is 4. The van der Waals surface area contributed by atoms with Gasteiger partial charge in [0.1, 0.15) is 0 Å². The third-order valence-electron chi connectivity index (χ3n) is 3.76. The molecule has 0 radical (unpaired) electrons. The summed E-state index contributed by atoms with van der Waals surface area (Å²) < 4.78 is 5.27. The maximum Gasteiger partial charge on any atom is 0.0642 e. The number of benzene rings is 1. The summed E-state index contributed by atoms with van der Waals surface area (Å²) in [4.78, 5) is 2.36. The summed E-state index contributed by atoms with van der Waals surface area (Å²) in [5.74, 6) is 0.600. The second-order valence-corrected chi connectivity index (χ2v) is 5.82.